The largest absolute Gasteiger partial charge is 0.354 e. The summed E-state index contributed by atoms with van der Waals surface area (Å²) >= 11 is 0. The third-order valence-corrected chi connectivity index (χ3v) is 5.88. The molecule has 4 rings (SSSR count). The molecule has 0 aliphatic carbocycles. The number of benzene rings is 3. The molecule has 1 atom stereocenters. The molecule has 4 nitrogen and oxygen atoms in total. The van der Waals surface area contributed by atoms with E-state index in [0.717, 1.165) is 12.0 Å². The van der Waals surface area contributed by atoms with Crippen molar-refractivity contribution in [3.05, 3.63) is 114 Å². The van der Waals surface area contributed by atoms with Crippen LogP contribution in [0, 0.1) is 0 Å². The normalized spacial score (nSPS) is 13.9. The molecule has 2 amide bonds. The molecule has 0 bridgehead atoms. The minimum Gasteiger partial charge on any atom is -0.354 e. The molecule has 0 spiro atoms. The first-order valence-electron chi connectivity index (χ1n) is 10.6. The fourth-order valence-electron chi connectivity index (χ4n) is 4.21. The van der Waals surface area contributed by atoms with Crippen molar-refractivity contribution in [1.29, 1.82) is 0 Å². The van der Waals surface area contributed by atoms with Gasteiger partial charge in [-0.2, -0.15) is 0 Å². The fraction of sp³-hybridized carbons (Fsp3) is 0.185. The monoisotopic (exact) mass is 410 g/mol. The molecule has 3 aromatic rings. The Bertz CT molecular complexity index is 1020. The van der Waals surface area contributed by atoms with Crippen molar-refractivity contribution < 1.29 is 9.59 Å². The van der Waals surface area contributed by atoms with Crippen LogP contribution in [0.3, 0.4) is 0 Å². The average molecular weight is 411 g/mol. The third kappa shape index (κ3) is 4.15. The lowest BCUT2D eigenvalue weighted by molar-refractivity contribution is -0.124. The number of amides is 2. The van der Waals surface area contributed by atoms with E-state index in [1.54, 1.807) is 13.0 Å². The number of nitrogens with zero attached hydrogens (tertiary/aromatic N) is 1. The van der Waals surface area contributed by atoms with Crippen LogP contribution in [0.15, 0.2) is 91.5 Å². The van der Waals surface area contributed by atoms with Crippen molar-refractivity contribution in [3.8, 4) is 0 Å². The molecule has 0 radical (unpaired) electrons. The lowest BCUT2D eigenvalue weighted by Crippen LogP contribution is -2.45. The second kappa shape index (κ2) is 9.00. The number of carbonyl (C=O) groups is 2. The molecule has 0 aromatic heterocycles. The Morgan fingerprint density at radius 3 is 1.94 bits per heavy atom. The van der Waals surface area contributed by atoms with Gasteiger partial charge in [0.25, 0.3) is 5.91 Å². The second-order valence-corrected chi connectivity index (χ2v) is 7.80. The SMILES string of the molecule is C=C1c2ccccc2C(=O)N1[C@H](C)C(=O)NCCC(c1ccccc1)c1ccccc1. The first-order chi connectivity index (χ1) is 15.1. The van der Waals surface area contributed by atoms with Gasteiger partial charge >= 0.3 is 0 Å². The van der Waals surface area contributed by atoms with Gasteiger partial charge < -0.3 is 5.32 Å². The van der Waals surface area contributed by atoms with E-state index >= 15 is 0 Å². The van der Waals surface area contributed by atoms with Gasteiger partial charge in [-0.15, -0.1) is 0 Å². The number of fused-ring (bicyclic) bond motifs is 1. The molecule has 4 heteroatoms. The maximum absolute atomic E-state index is 12.9. The summed E-state index contributed by atoms with van der Waals surface area (Å²) < 4.78 is 0. The first-order valence-corrected chi connectivity index (χ1v) is 10.6. The number of hydrogen-bond donors (Lipinski definition) is 1. The molecule has 0 fully saturated rings. The van der Waals surface area contributed by atoms with E-state index in [-0.39, 0.29) is 17.7 Å². The van der Waals surface area contributed by atoms with E-state index in [0.29, 0.717) is 17.8 Å². The van der Waals surface area contributed by atoms with Crippen LogP contribution in [-0.2, 0) is 4.79 Å². The molecular formula is C27H26N2O2. The quantitative estimate of drug-likeness (QED) is 0.606. The van der Waals surface area contributed by atoms with Crippen LogP contribution in [-0.4, -0.2) is 29.3 Å². The third-order valence-electron chi connectivity index (χ3n) is 5.88. The Morgan fingerprint density at radius 1 is 0.871 bits per heavy atom. The zero-order chi connectivity index (χ0) is 21.8. The Balaban J connectivity index is 1.42. The highest BCUT2D eigenvalue weighted by atomic mass is 16.2. The van der Waals surface area contributed by atoms with Crippen molar-refractivity contribution in [2.45, 2.75) is 25.3 Å². The molecule has 1 aliphatic heterocycles. The van der Waals surface area contributed by atoms with Gasteiger partial charge in [-0.05, 0) is 30.5 Å². The van der Waals surface area contributed by atoms with E-state index in [1.807, 2.05) is 54.6 Å². The van der Waals surface area contributed by atoms with E-state index in [1.165, 1.54) is 16.0 Å². The van der Waals surface area contributed by atoms with Gasteiger partial charge in [0, 0.05) is 29.3 Å². The van der Waals surface area contributed by atoms with Crippen molar-refractivity contribution in [2.75, 3.05) is 6.54 Å². The molecule has 0 saturated heterocycles. The summed E-state index contributed by atoms with van der Waals surface area (Å²) in [5.74, 6) is -0.164. The zero-order valence-corrected chi connectivity index (χ0v) is 17.6. The minimum absolute atomic E-state index is 0.172. The maximum Gasteiger partial charge on any atom is 0.259 e. The van der Waals surface area contributed by atoms with Crippen LogP contribution in [0.4, 0.5) is 0 Å². The summed E-state index contributed by atoms with van der Waals surface area (Å²) in [6.45, 7) is 6.30. The summed E-state index contributed by atoms with van der Waals surface area (Å²) in [4.78, 5) is 27.2. The van der Waals surface area contributed by atoms with Crippen LogP contribution in [0.5, 0.6) is 0 Å². The van der Waals surface area contributed by atoms with Crippen LogP contribution in [0.25, 0.3) is 5.70 Å². The predicted octanol–water partition coefficient (Wildman–Crippen LogP) is 4.84. The van der Waals surface area contributed by atoms with Crippen LogP contribution in [0.1, 0.15) is 46.3 Å². The number of nitrogens with one attached hydrogen (secondary N) is 1. The van der Waals surface area contributed by atoms with Crippen LogP contribution in [0.2, 0.25) is 0 Å². The molecule has 31 heavy (non-hydrogen) atoms. The standard InChI is InChI=1S/C27H26N2O2/c1-19-23-15-9-10-16-25(23)27(31)29(19)20(2)26(30)28-18-17-24(21-11-5-3-6-12-21)22-13-7-4-8-14-22/h3-16,20,24H,1,17-18H2,2H3,(H,28,30)/t20-/m1/s1. The van der Waals surface area contributed by atoms with Gasteiger partial charge in [0.1, 0.15) is 6.04 Å². The van der Waals surface area contributed by atoms with Gasteiger partial charge in [-0.3, -0.25) is 14.5 Å². The van der Waals surface area contributed by atoms with Gasteiger partial charge in [0.2, 0.25) is 5.91 Å². The van der Waals surface area contributed by atoms with E-state index in [4.69, 9.17) is 0 Å². The molecular weight excluding hydrogens is 384 g/mol. The van der Waals surface area contributed by atoms with Crippen molar-refractivity contribution in [1.82, 2.24) is 10.2 Å². The minimum atomic E-state index is -0.626. The number of hydrogen-bond acceptors (Lipinski definition) is 2. The Kier molecular flexibility index (Phi) is 5.99. The second-order valence-electron chi connectivity index (χ2n) is 7.80. The molecule has 1 aliphatic rings. The van der Waals surface area contributed by atoms with Crippen molar-refractivity contribution >= 4 is 17.5 Å². The Labute approximate surface area is 183 Å². The van der Waals surface area contributed by atoms with Crippen molar-refractivity contribution in [2.24, 2.45) is 0 Å². The van der Waals surface area contributed by atoms with Crippen molar-refractivity contribution in [3.63, 3.8) is 0 Å². The fourth-order valence-corrected chi connectivity index (χ4v) is 4.21. The van der Waals surface area contributed by atoms with Gasteiger partial charge in [0.05, 0.1) is 0 Å². The smallest absolute Gasteiger partial charge is 0.259 e. The molecule has 156 valence electrons. The van der Waals surface area contributed by atoms with Gasteiger partial charge in [0.15, 0.2) is 0 Å². The molecule has 0 saturated carbocycles. The van der Waals surface area contributed by atoms with E-state index < -0.39 is 6.04 Å². The summed E-state index contributed by atoms with van der Waals surface area (Å²) in [5, 5.41) is 3.02. The topological polar surface area (TPSA) is 49.4 Å². The van der Waals surface area contributed by atoms with Gasteiger partial charge in [-0.1, -0.05) is 85.4 Å². The highest BCUT2D eigenvalue weighted by molar-refractivity contribution is 6.10. The summed E-state index contributed by atoms with van der Waals surface area (Å²) in [6.07, 6.45) is 0.765. The van der Waals surface area contributed by atoms with E-state index in [9.17, 15) is 9.59 Å². The highest BCUT2D eigenvalue weighted by Gasteiger charge is 2.36. The van der Waals surface area contributed by atoms with E-state index in [2.05, 4.69) is 36.2 Å². The Hall–Kier alpha value is -3.66. The Morgan fingerprint density at radius 2 is 1.39 bits per heavy atom. The summed E-state index contributed by atoms with van der Waals surface area (Å²) in [6, 6.07) is 27.3. The zero-order valence-electron chi connectivity index (χ0n) is 17.6. The maximum atomic E-state index is 12.9. The highest BCUT2D eigenvalue weighted by Crippen LogP contribution is 2.33. The lowest BCUT2D eigenvalue weighted by atomic mass is 9.88. The first kappa shape index (κ1) is 20.6. The van der Waals surface area contributed by atoms with Crippen LogP contribution < -0.4 is 5.32 Å². The molecule has 1 N–H and O–H groups in total. The summed E-state index contributed by atoms with van der Waals surface area (Å²) in [7, 11) is 0. The number of carbonyl (C=O) groups excluding carboxylic acids is 2. The molecule has 3 aromatic carbocycles. The average Bonchev–Trinajstić information content (AvgIpc) is 3.07. The lowest BCUT2D eigenvalue weighted by Gasteiger charge is -2.25. The van der Waals surface area contributed by atoms with Gasteiger partial charge in [-0.25, -0.2) is 0 Å². The van der Waals surface area contributed by atoms with Crippen LogP contribution >= 0.6 is 0 Å². The number of rotatable bonds is 7. The predicted molar refractivity (Wildman–Crippen MR) is 123 cm³/mol. The molecule has 0 unspecified atom stereocenters. The summed E-state index contributed by atoms with van der Waals surface area (Å²) in [5.41, 5.74) is 4.40. The molecule has 1 heterocycles.